The normalized spacial score (nSPS) is 10.7. The fourth-order valence-electron chi connectivity index (χ4n) is 2.14. The average molecular weight is 280 g/mol. The maximum atomic E-state index is 11.0. The van der Waals surface area contributed by atoms with Crippen LogP contribution in [-0.4, -0.2) is 30.0 Å². The third kappa shape index (κ3) is 4.08. The van der Waals surface area contributed by atoms with Crippen LogP contribution in [0, 0.1) is 16.0 Å². The zero-order chi connectivity index (χ0) is 15.1. The van der Waals surface area contributed by atoms with E-state index in [4.69, 9.17) is 0 Å². The Labute approximate surface area is 120 Å². The van der Waals surface area contributed by atoms with Gasteiger partial charge in [-0.2, -0.15) is 0 Å². The van der Waals surface area contributed by atoms with Crippen LogP contribution in [0.25, 0.3) is 0 Å². The quantitative estimate of drug-likeness (QED) is 0.584. The molecule has 6 nitrogen and oxygen atoms in total. The monoisotopic (exact) mass is 280 g/mol. The summed E-state index contributed by atoms with van der Waals surface area (Å²) < 4.78 is 0. The number of nitro groups is 1. The van der Waals surface area contributed by atoms with Crippen molar-refractivity contribution in [3.63, 3.8) is 0 Å². The van der Waals surface area contributed by atoms with Gasteiger partial charge in [-0.25, -0.2) is 4.98 Å². The van der Waals surface area contributed by atoms with Gasteiger partial charge in [-0.05, 0) is 12.8 Å². The maximum absolute atomic E-state index is 11.0. The van der Waals surface area contributed by atoms with Crippen LogP contribution in [0.5, 0.6) is 0 Å². The van der Waals surface area contributed by atoms with Gasteiger partial charge in [0.05, 0.1) is 17.1 Å². The topological polar surface area (TPSA) is 71.3 Å². The van der Waals surface area contributed by atoms with Crippen LogP contribution >= 0.6 is 0 Å². The van der Waals surface area contributed by atoms with E-state index in [0.717, 1.165) is 25.9 Å². The van der Waals surface area contributed by atoms with Crippen molar-refractivity contribution in [2.45, 2.75) is 33.6 Å². The molecule has 0 bridgehead atoms. The van der Waals surface area contributed by atoms with Crippen molar-refractivity contribution in [2.24, 2.45) is 5.92 Å². The molecule has 0 atom stereocenters. The summed E-state index contributed by atoms with van der Waals surface area (Å²) in [6, 6.07) is 3.00. The number of hydrogen-bond acceptors (Lipinski definition) is 5. The fraction of sp³-hybridized carbons (Fsp3) is 0.643. The van der Waals surface area contributed by atoms with Crippen molar-refractivity contribution < 1.29 is 4.92 Å². The van der Waals surface area contributed by atoms with E-state index in [1.165, 1.54) is 6.07 Å². The fourth-order valence-corrected chi connectivity index (χ4v) is 2.14. The molecule has 0 saturated carbocycles. The predicted molar refractivity (Wildman–Crippen MR) is 82.4 cm³/mol. The van der Waals surface area contributed by atoms with E-state index in [1.807, 2.05) is 6.92 Å². The molecule has 1 N–H and O–H groups in total. The number of aromatic nitrogens is 1. The van der Waals surface area contributed by atoms with Gasteiger partial charge in [-0.3, -0.25) is 10.1 Å². The van der Waals surface area contributed by atoms with Gasteiger partial charge in [0.25, 0.3) is 5.69 Å². The first-order chi connectivity index (χ1) is 9.55. The molecule has 1 aromatic heterocycles. The summed E-state index contributed by atoms with van der Waals surface area (Å²) >= 11 is 0. The first-order valence-corrected chi connectivity index (χ1v) is 7.14. The lowest BCUT2D eigenvalue weighted by atomic mass is 10.0. The first-order valence-electron chi connectivity index (χ1n) is 7.14. The summed E-state index contributed by atoms with van der Waals surface area (Å²) in [7, 11) is 1.72. The summed E-state index contributed by atoms with van der Waals surface area (Å²) in [6.45, 7) is 8.04. The van der Waals surface area contributed by atoms with Gasteiger partial charge in [-0.1, -0.05) is 26.7 Å². The Kier molecular flexibility index (Phi) is 6.21. The van der Waals surface area contributed by atoms with Gasteiger partial charge in [0.1, 0.15) is 11.6 Å². The van der Waals surface area contributed by atoms with Crippen molar-refractivity contribution in [1.82, 2.24) is 4.98 Å². The van der Waals surface area contributed by atoms with Crippen molar-refractivity contribution in [1.29, 1.82) is 0 Å². The SMILES string of the molecule is CCC(CC)CN(CC)c1cc([N+](=O)[O-])cc(NC)n1. The van der Waals surface area contributed by atoms with Crippen molar-refractivity contribution in [2.75, 3.05) is 30.4 Å². The molecular formula is C14H24N4O2. The standard InChI is InChI=1S/C14H24N4O2/c1-5-11(6-2)10-17(7-3)14-9-12(18(19)20)8-13(15-4)16-14/h8-9,11H,5-7,10H2,1-4H3,(H,15,16). The third-order valence-corrected chi connectivity index (χ3v) is 3.60. The van der Waals surface area contributed by atoms with Crippen molar-refractivity contribution >= 4 is 17.3 Å². The lowest BCUT2D eigenvalue weighted by Gasteiger charge is -2.26. The van der Waals surface area contributed by atoms with Gasteiger partial charge >= 0.3 is 0 Å². The molecule has 0 aliphatic heterocycles. The minimum absolute atomic E-state index is 0.0716. The minimum atomic E-state index is -0.378. The highest BCUT2D eigenvalue weighted by Crippen LogP contribution is 2.24. The molecular weight excluding hydrogens is 256 g/mol. The van der Waals surface area contributed by atoms with E-state index in [9.17, 15) is 10.1 Å². The number of nitrogens with zero attached hydrogens (tertiary/aromatic N) is 3. The second-order valence-corrected chi connectivity index (χ2v) is 4.80. The minimum Gasteiger partial charge on any atom is -0.373 e. The molecule has 0 unspecified atom stereocenters. The molecule has 0 aliphatic rings. The van der Waals surface area contributed by atoms with Crippen LogP contribution in [0.3, 0.4) is 0 Å². The lowest BCUT2D eigenvalue weighted by Crippen LogP contribution is -2.29. The van der Waals surface area contributed by atoms with Crippen LogP contribution < -0.4 is 10.2 Å². The Morgan fingerprint density at radius 2 is 2.00 bits per heavy atom. The smallest absolute Gasteiger partial charge is 0.276 e. The number of rotatable bonds is 8. The van der Waals surface area contributed by atoms with Gasteiger partial charge in [0.2, 0.25) is 0 Å². The third-order valence-electron chi connectivity index (χ3n) is 3.60. The van der Waals surface area contributed by atoms with E-state index >= 15 is 0 Å². The summed E-state index contributed by atoms with van der Waals surface area (Å²) in [5.41, 5.74) is 0.0716. The molecule has 0 fully saturated rings. The molecule has 1 heterocycles. The summed E-state index contributed by atoms with van der Waals surface area (Å²) in [5.74, 6) is 1.77. The Bertz CT molecular complexity index is 447. The van der Waals surface area contributed by atoms with Crippen molar-refractivity contribution in [3.8, 4) is 0 Å². The zero-order valence-corrected chi connectivity index (χ0v) is 12.7. The van der Waals surface area contributed by atoms with Crippen LogP contribution in [-0.2, 0) is 0 Å². The van der Waals surface area contributed by atoms with E-state index in [1.54, 1.807) is 13.1 Å². The summed E-state index contributed by atoms with van der Waals surface area (Å²) in [6.07, 6.45) is 2.20. The Morgan fingerprint density at radius 1 is 1.35 bits per heavy atom. The number of anilines is 2. The molecule has 1 rings (SSSR count). The van der Waals surface area contributed by atoms with Crippen LogP contribution in [0.1, 0.15) is 33.6 Å². The maximum Gasteiger partial charge on any atom is 0.276 e. The van der Waals surface area contributed by atoms with Gasteiger partial charge in [-0.15, -0.1) is 0 Å². The highest BCUT2D eigenvalue weighted by molar-refractivity contribution is 5.55. The van der Waals surface area contributed by atoms with Crippen LogP contribution in [0.2, 0.25) is 0 Å². The zero-order valence-electron chi connectivity index (χ0n) is 12.7. The number of hydrogen-bond donors (Lipinski definition) is 1. The predicted octanol–water partition coefficient (Wildman–Crippen LogP) is 3.29. The van der Waals surface area contributed by atoms with E-state index in [-0.39, 0.29) is 10.6 Å². The molecule has 0 aliphatic carbocycles. The number of pyridine rings is 1. The number of nitrogens with one attached hydrogen (secondary N) is 1. The highest BCUT2D eigenvalue weighted by Gasteiger charge is 2.17. The average Bonchev–Trinajstić information content (AvgIpc) is 2.48. The van der Waals surface area contributed by atoms with Crippen LogP contribution in [0.4, 0.5) is 17.3 Å². The molecule has 0 amide bonds. The highest BCUT2D eigenvalue weighted by atomic mass is 16.6. The Hall–Kier alpha value is -1.85. The molecule has 112 valence electrons. The summed E-state index contributed by atoms with van der Waals surface area (Å²) in [5, 5.41) is 13.9. The second-order valence-electron chi connectivity index (χ2n) is 4.80. The molecule has 0 radical (unpaired) electrons. The molecule has 1 aromatic rings. The molecule has 0 saturated heterocycles. The van der Waals surface area contributed by atoms with Gasteiger partial charge < -0.3 is 10.2 Å². The lowest BCUT2D eigenvalue weighted by molar-refractivity contribution is -0.384. The van der Waals surface area contributed by atoms with Crippen molar-refractivity contribution in [3.05, 3.63) is 22.2 Å². The molecule has 0 aromatic carbocycles. The van der Waals surface area contributed by atoms with E-state index < -0.39 is 0 Å². The largest absolute Gasteiger partial charge is 0.373 e. The first kappa shape index (κ1) is 16.2. The Morgan fingerprint density at radius 3 is 2.45 bits per heavy atom. The molecule has 0 spiro atoms. The Balaban J connectivity index is 3.07. The van der Waals surface area contributed by atoms with Gasteiger partial charge in [0.15, 0.2) is 0 Å². The van der Waals surface area contributed by atoms with E-state index in [0.29, 0.717) is 17.6 Å². The van der Waals surface area contributed by atoms with Crippen LogP contribution in [0.15, 0.2) is 12.1 Å². The summed E-state index contributed by atoms with van der Waals surface area (Å²) in [4.78, 5) is 17.2. The van der Waals surface area contributed by atoms with Gasteiger partial charge in [0, 0.05) is 20.1 Å². The second kappa shape index (κ2) is 7.67. The molecule has 6 heteroatoms. The van der Waals surface area contributed by atoms with E-state index in [2.05, 4.69) is 29.0 Å². The molecule has 20 heavy (non-hydrogen) atoms.